The summed E-state index contributed by atoms with van der Waals surface area (Å²) in [5.74, 6) is -0.179. The minimum absolute atomic E-state index is 0.102. The molecule has 1 aliphatic carbocycles. The zero-order chi connectivity index (χ0) is 16.6. The van der Waals surface area contributed by atoms with E-state index in [1.807, 2.05) is 0 Å². The fourth-order valence-electron chi connectivity index (χ4n) is 4.48. The molecule has 0 aromatic heterocycles. The van der Waals surface area contributed by atoms with Crippen LogP contribution in [-0.4, -0.2) is 53.8 Å². The van der Waals surface area contributed by atoms with E-state index in [0.29, 0.717) is 32.0 Å². The first-order valence-electron chi connectivity index (χ1n) is 8.83. The van der Waals surface area contributed by atoms with Crippen molar-refractivity contribution in [3.63, 3.8) is 0 Å². The number of nitrogens with one attached hydrogen (secondary N) is 1. The zero-order valence-electron chi connectivity index (χ0n) is 14.1. The Balaban J connectivity index is 1.58. The lowest BCUT2D eigenvalue weighted by molar-refractivity contribution is -0.149. The monoisotopic (exact) mass is 324 g/mol. The van der Waals surface area contributed by atoms with Crippen molar-refractivity contribution < 1.29 is 19.4 Å². The number of carbonyl (C=O) groups excluding carboxylic acids is 1. The molecule has 3 fully saturated rings. The van der Waals surface area contributed by atoms with E-state index in [-0.39, 0.29) is 24.1 Å². The summed E-state index contributed by atoms with van der Waals surface area (Å²) in [5.41, 5.74) is -0.701. The van der Waals surface area contributed by atoms with Crippen molar-refractivity contribution in [3.05, 3.63) is 0 Å². The molecule has 6 nitrogen and oxygen atoms in total. The third kappa shape index (κ3) is 3.05. The van der Waals surface area contributed by atoms with Crippen LogP contribution in [0.15, 0.2) is 0 Å². The number of rotatable bonds is 3. The fraction of sp³-hybridized carbons (Fsp3) is 0.882. The Bertz CT molecular complexity index is 481. The molecule has 0 radical (unpaired) electrons. The average molecular weight is 324 g/mol. The number of urea groups is 1. The summed E-state index contributed by atoms with van der Waals surface area (Å²) in [6.45, 7) is 5.88. The molecule has 130 valence electrons. The van der Waals surface area contributed by atoms with Gasteiger partial charge in [0.15, 0.2) is 0 Å². The number of aliphatic carboxylic acids is 1. The number of carboxylic acid groups (broad SMARTS) is 1. The van der Waals surface area contributed by atoms with Crippen LogP contribution in [0.1, 0.15) is 46.0 Å². The third-order valence-electron chi connectivity index (χ3n) is 5.97. The molecule has 2 saturated heterocycles. The van der Waals surface area contributed by atoms with Crippen molar-refractivity contribution in [2.45, 2.75) is 58.1 Å². The van der Waals surface area contributed by atoms with E-state index in [4.69, 9.17) is 4.74 Å². The molecule has 0 spiro atoms. The van der Waals surface area contributed by atoms with E-state index in [1.165, 1.54) is 0 Å². The van der Waals surface area contributed by atoms with Crippen molar-refractivity contribution in [2.24, 2.45) is 17.3 Å². The molecule has 2 unspecified atom stereocenters. The fourth-order valence-corrected chi connectivity index (χ4v) is 4.48. The molecule has 0 aromatic rings. The Morgan fingerprint density at radius 3 is 2.78 bits per heavy atom. The second kappa shape index (κ2) is 6.30. The predicted octanol–water partition coefficient (Wildman–Crippen LogP) is 2.09. The molecule has 2 N–H and O–H groups in total. The van der Waals surface area contributed by atoms with Crippen LogP contribution in [0.25, 0.3) is 0 Å². The van der Waals surface area contributed by atoms with Crippen LogP contribution in [0.2, 0.25) is 0 Å². The van der Waals surface area contributed by atoms with Gasteiger partial charge in [-0.25, -0.2) is 4.79 Å². The van der Waals surface area contributed by atoms with Crippen molar-refractivity contribution in [2.75, 3.05) is 19.7 Å². The molecule has 0 bridgehead atoms. The topological polar surface area (TPSA) is 78.9 Å². The lowest BCUT2D eigenvalue weighted by atomic mass is 9.81. The largest absolute Gasteiger partial charge is 0.481 e. The Hall–Kier alpha value is -1.30. The first-order valence-corrected chi connectivity index (χ1v) is 8.83. The van der Waals surface area contributed by atoms with Gasteiger partial charge in [0.25, 0.3) is 0 Å². The predicted molar refractivity (Wildman–Crippen MR) is 85.1 cm³/mol. The summed E-state index contributed by atoms with van der Waals surface area (Å²) < 4.78 is 5.74. The standard InChI is InChI=1S/C17H28N2O4/c1-11(2)14-8-13(5-7-23-14)18-16(22)19-9-12-4-3-6-17(12,10-19)15(20)21/h11-14H,3-10H2,1-2H3,(H,18,22)(H,20,21)/t12-,13?,14?,17+/m0/s1. The van der Waals surface area contributed by atoms with E-state index < -0.39 is 11.4 Å². The zero-order valence-corrected chi connectivity index (χ0v) is 14.1. The maximum atomic E-state index is 12.6. The highest BCUT2D eigenvalue weighted by Gasteiger charge is 2.55. The molecule has 6 heteroatoms. The van der Waals surface area contributed by atoms with E-state index in [2.05, 4.69) is 19.2 Å². The SMILES string of the molecule is CC(C)C1CC(NC(=O)N2C[C@@H]3CCC[C@@]3(C(=O)O)C2)CCO1. The van der Waals surface area contributed by atoms with Gasteiger partial charge in [0.1, 0.15) is 0 Å². The number of carboxylic acids is 1. The lowest BCUT2D eigenvalue weighted by Crippen LogP contribution is -2.49. The van der Waals surface area contributed by atoms with Gasteiger partial charge < -0.3 is 20.1 Å². The maximum Gasteiger partial charge on any atom is 0.317 e. The normalized spacial score (nSPS) is 37.0. The smallest absolute Gasteiger partial charge is 0.317 e. The van der Waals surface area contributed by atoms with Crippen LogP contribution in [0, 0.1) is 17.3 Å². The Kier molecular flexibility index (Phi) is 4.54. The molecule has 3 aliphatic rings. The highest BCUT2D eigenvalue weighted by Crippen LogP contribution is 2.48. The molecule has 23 heavy (non-hydrogen) atoms. The molecule has 2 amide bonds. The summed E-state index contributed by atoms with van der Waals surface area (Å²) in [6.07, 6.45) is 4.44. The van der Waals surface area contributed by atoms with E-state index >= 15 is 0 Å². The van der Waals surface area contributed by atoms with E-state index in [9.17, 15) is 14.7 Å². The first-order chi connectivity index (χ1) is 10.9. The van der Waals surface area contributed by atoms with Crippen LogP contribution in [0.4, 0.5) is 4.79 Å². The van der Waals surface area contributed by atoms with Gasteiger partial charge in [-0.05, 0) is 37.5 Å². The van der Waals surface area contributed by atoms with Crippen LogP contribution < -0.4 is 5.32 Å². The number of hydrogen-bond acceptors (Lipinski definition) is 3. The molecular weight excluding hydrogens is 296 g/mol. The number of ether oxygens (including phenoxy) is 1. The number of nitrogens with zero attached hydrogens (tertiary/aromatic N) is 1. The van der Waals surface area contributed by atoms with Gasteiger partial charge in [-0.1, -0.05) is 20.3 Å². The highest BCUT2D eigenvalue weighted by atomic mass is 16.5. The van der Waals surface area contributed by atoms with Gasteiger partial charge in [0.2, 0.25) is 0 Å². The van der Waals surface area contributed by atoms with Crippen molar-refractivity contribution in [1.29, 1.82) is 0 Å². The molecule has 2 heterocycles. The highest BCUT2D eigenvalue weighted by molar-refractivity contribution is 5.80. The van der Waals surface area contributed by atoms with Crippen molar-refractivity contribution in [1.82, 2.24) is 10.2 Å². The van der Waals surface area contributed by atoms with Crippen molar-refractivity contribution in [3.8, 4) is 0 Å². The Morgan fingerprint density at radius 1 is 1.35 bits per heavy atom. The van der Waals surface area contributed by atoms with Crippen LogP contribution in [0.5, 0.6) is 0 Å². The number of amides is 2. The third-order valence-corrected chi connectivity index (χ3v) is 5.97. The summed E-state index contributed by atoms with van der Waals surface area (Å²) in [6, 6.07) is 0.0271. The summed E-state index contributed by atoms with van der Waals surface area (Å²) in [5, 5.41) is 12.7. The Morgan fingerprint density at radius 2 is 2.13 bits per heavy atom. The van der Waals surface area contributed by atoms with Gasteiger partial charge in [-0.2, -0.15) is 0 Å². The second-order valence-corrected chi connectivity index (χ2v) is 7.76. The molecule has 3 rings (SSSR count). The number of hydrogen-bond donors (Lipinski definition) is 2. The molecule has 0 aromatic carbocycles. The Labute approximate surface area is 137 Å². The van der Waals surface area contributed by atoms with Gasteiger partial charge >= 0.3 is 12.0 Å². The van der Waals surface area contributed by atoms with Crippen LogP contribution >= 0.6 is 0 Å². The van der Waals surface area contributed by atoms with Crippen LogP contribution in [-0.2, 0) is 9.53 Å². The average Bonchev–Trinajstić information content (AvgIpc) is 3.05. The number of fused-ring (bicyclic) bond motifs is 1. The lowest BCUT2D eigenvalue weighted by Gasteiger charge is -2.33. The van der Waals surface area contributed by atoms with E-state index in [0.717, 1.165) is 25.7 Å². The van der Waals surface area contributed by atoms with Gasteiger partial charge in [-0.15, -0.1) is 0 Å². The molecule has 1 saturated carbocycles. The maximum absolute atomic E-state index is 12.6. The van der Waals surface area contributed by atoms with Crippen molar-refractivity contribution >= 4 is 12.0 Å². The summed E-state index contributed by atoms with van der Waals surface area (Å²) in [4.78, 5) is 26.0. The molecule has 4 atom stereocenters. The minimum Gasteiger partial charge on any atom is -0.481 e. The quantitative estimate of drug-likeness (QED) is 0.833. The number of likely N-dealkylation sites (tertiary alicyclic amines) is 1. The van der Waals surface area contributed by atoms with Gasteiger partial charge in [-0.3, -0.25) is 4.79 Å². The van der Waals surface area contributed by atoms with Gasteiger partial charge in [0, 0.05) is 25.7 Å². The molecule has 2 aliphatic heterocycles. The first kappa shape index (κ1) is 16.6. The number of carbonyl (C=O) groups is 2. The van der Waals surface area contributed by atoms with E-state index in [1.54, 1.807) is 4.90 Å². The minimum atomic E-state index is -0.735. The van der Waals surface area contributed by atoms with Gasteiger partial charge in [0.05, 0.1) is 11.5 Å². The summed E-state index contributed by atoms with van der Waals surface area (Å²) in [7, 11) is 0. The second-order valence-electron chi connectivity index (χ2n) is 7.76. The molecular formula is C17H28N2O4. The summed E-state index contributed by atoms with van der Waals surface area (Å²) >= 11 is 0. The van der Waals surface area contributed by atoms with Crippen LogP contribution in [0.3, 0.4) is 0 Å².